The smallest absolute Gasteiger partial charge is 0.252 e. The third-order valence-electron chi connectivity index (χ3n) is 16.1. The summed E-state index contributed by atoms with van der Waals surface area (Å²) in [4.78, 5) is 17.8. The fourth-order valence-electron chi connectivity index (χ4n) is 13.2. The molecular formula is C66H41B2N5S2. The topological polar surface area (TPSA) is 16.2 Å². The molecule has 11 aromatic rings. The Labute approximate surface area is 445 Å². The van der Waals surface area contributed by atoms with E-state index in [2.05, 4.69) is 273 Å². The van der Waals surface area contributed by atoms with Crippen LogP contribution in [0.1, 0.15) is 0 Å². The van der Waals surface area contributed by atoms with Gasteiger partial charge in [-0.05, 0) is 148 Å². The van der Waals surface area contributed by atoms with Crippen LogP contribution in [-0.4, -0.2) is 13.4 Å². The van der Waals surface area contributed by atoms with Crippen LogP contribution in [0.2, 0.25) is 0 Å². The number of rotatable bonds is 4. The maximum atomic E-state index is 2.68. The molecule has 0 radical (unpaired) electrons. The second-order valence-electron chi connectivity index (χ2n) is 20.0. The normalized spacial score (nSPS) is 14.4. The predicted molar refractivity (Wildman–Crippen MR) is 317 cm³/mol. The molecule has 9 heteroatoms. The summed E-state index contributed by atoms with van der Waals surface area (Å²) in [5.41, 5.74) is 25.7. The van der Waals surface area contributed by atoms with Crippen molar-refractivity contribution in [2.75, 3.05) is 24.5 Å². The fourth-order valence-corrected chi connectivity index (χ4v) is 15.4. The van der Waals surface area contributed by atoms with E-state index in [0.29, 0.717) is 0 Å². The van der Waals surface area contributed by atoms with Crippen molar-refractivity contribution < 1.29 is 0 Å². The summed E-state index contributed by atoms with van der Waals surface area (Å²) in [5, 5.41) is 0. The summed E-state index contributed by atoms with van der Waals surface area (Å²) in [5.74, 6) is 0. The molecule has 11 aromatic carbocycles. The molecule has 0 bridgehead atoms. The van der Waals surface area contributed by atoms with Gasteiger partial charge in [0.1, 0.15) is 0 Å². The molecule has 0 spiro atoms. The third kappa shape index (κ3) is 5.85. The van der Waals surface area contributed by atoms with Gasteiger partial charge in [0.15, 0.2) is 0 Å². The Balaban J connectivity index is 1.03. The highest BCUT2D eigenvalue weighted by Gasteiger charge is 2.52. The minimum absolute atomic E-state index is 0.00594. The molecule has 0 aliphatic carbocycles. The minimum atomic E-state index is -0.115. The number of anilines is 15. The van der Waals surface area contributed by atoms with E-state index in [1.807, 2.05) is 23.5 Å². The van der Waals surface area contributed by atoms with Gasteiger partial charge in [0, 0.05) is 82.1 Å². The van der Waals surface area contributed by atoms with Gasteiger partial charge in [-0.3, -0.25) is 0 Å². The first kappa shape index (κ1) is 41.7. The van der Waals surface area contributed by atoms with Crippen molar-refractivity contribution in [3.63, 3.8) is 0 Å². The highest BCUT2D eigenvalue weighted by Crippen LogP contribution is 2.57. The van der Waals surface area contributed by atoms with Crippen molar-refractivity contribution in [2.24, 2.45) is 0 Å². The van der Waals surface area contributed by atoms with E-state index >= 15 is 0 Å². The van der Waals surface area contributed by atoms with Gasteiger partial charge in [0.2, 0.25) is 0 Å². The van der Waals surface area contributed by atoms with Crippen LogP contribution in [0.5, 0.6) is 0 Å². The van der Waals surface area contributed by atoms with Gasteiger partial charge in [-0.1, -0.05) is 157 Å². The Morgan fingerprint density at radius 2 is 0.547 bits per heavy atom. The van der Waals surface area contributed by atoms with Crippen LogP contribution in [-0.2, 0) is 0 Å². The lowest BCUT2D eigenvalue weighted by atomic mass is 9.28. The Kier molecular flexibility index (Phi) is 8.83. The molecule has 0 amide bonds. The number of nitrogens with zero attached hydrogens (tertiary/aromatic N) is 5. The highest BCUT2D eigenvalue weighted by molar-refractivity contribution is 8.00. The molecule has 5 nitrogen and oxygen atoms in total. The highest BCUT2D eigenvalue weighted by atomic mass is 32.2. The number of benzene rings is 11. The lowest BCUT2D eigenvalue weighted by Gasteiger charge is -2.51. The van der Waals surface area contributed by atoms with Crippen LogP contribution in [0.3, 0.4) is 0 Å². The van der Waals surface area contributed by atoms with Crippen LogP contribution in [0.15, 0.2) is 268 Å². The molecule has 0 fully saturated rings. The zero-order chi connectivity index (χ0) is 48.9. The molecular weight excluding hydrogens is 949 g/mol. The Hall–Kier alpha value is -8.75. The average Bonchev–Trinajstić information content (AvgIpc) is 3.48. The van der Waals surface area contributed by atoms with Crippen molar-refractivity contribution in [1.82, 2.24) is 0 Å². The lowest BCUT2D eigenvalue weighted by Crippen LogP contribution is -2.68. The Morgan fingerprint density at radius 1 is 0.227 bits per heavy atom. The second-order valence-corrected chi connectivity index (χ2v) is 22.2. The zero-order valence-corrected chi connectivity index (χ0v) is 42.0. The first-order valence-electron chi connectivity index (χ1n) is 25.7. The summed E-state index contributed by atoms with van der Waals surface area (Å²) in [6, 6.07) is 92.9. The van der Waals surface area contributed by atoms with E-state index in [0.717, 1.165) is 22.7 Å². The number of hydrogen-bond donors (Lipinski definition) is 0. The molecule has 0 atom stereocenters. The van der Waals surface area contributed by atoms with Crippen LogP contribution < -0.4 is 57.3 Å². The van der Waals surface area contributed by atoms with Crippen molar-refractivity contribution in [1.29, 1.82) is 0 Å². The van der Waals surface area contributed by atoms with Crippen LogP contribution in [0.25, 0.3) is 0 Å². The maximum Gasteiger partial charge on any atom is 0.252 e. The summed E-state index contributed by atoms with van der Waals surface area (Å²) in [6.45, 7) is -0.121. The monoisotopic (exact) mass is 989 g/mol. The van der Waals surface area contributed by atoms with Crippen molar-refractivity contribution in [3.05, 3.63) is 249 Å². The molecule has 0 saturated carbocycles. The van der Waals surface area contributed by atoms with Crippen LogP contribution >= 0.6 is 23.5 Å². The molecule has 0 N–H and O–H groups in total. The molecule has 6 aliphatic heterocycles. The third-order valence-corrected chi connectivity index (χ3v) is 18.3. The first-order chi connectivity index (χ1) is 37.2. The van der Waals surface area contributed by atoms with Gasteiger partial charge in [0.25, 0.3) is 13.4 Å². The molecule has 6 aliphatic rings. The number of fused-ring (bicyclic) bond motifs is 14. The van der Waals surface area contributed by atoms with Gasteiger partial charge in [-0.25, -0.2) is 0 Å². The molecule has 0 aromatic heterocycles. The lowest BCUT2D eigenvalue weighted by molar-refractivity contribution is 1.15. The molecule has 75 heavy (non-hydrogen) atoms. The SMILES string of the molecule is c1ccc(N2c3ccccc3Sc3cc4c(cc32)N(c2ccccc2)c2cc3c5c6c2B4c2cc4c(cc2N6c2ccccc2B5c2ccccc2N3c2ccccc2)N(c2ccccc2)c2ccccc2S4)cc1. The van der Waals surface area contributed by atoms with Crippen molar-refractivity contribution in [3.8, 4) is 0 Å². The van der Waals surface area contributed by atoms with E-state index in [1.54, 1.807) is 0 Å². The largest absolute Gasteiger partial charge is 0.312 e. The van der Waals surface area contributed by atoms with Gasteiger partial charge in [-0.2, -0.15) is 0 Å². The van der Waals surface area contributed by atoms with Crippen LogP contribution in [0.4, 0.5) is 85.3 Å². The number of hydrogen-bond acceptors (Lipinski definition) is 7. The maximum absolute atomic E-state index is 2.68. The molecule has 348 valence electrons. The van der Waals surface area contributed by atoms with E-state index < -0.39 is 0 Å². The minimum Gasteiger partial charge on any atom is -0.312 e. The quantitative estimate of drug-likeness (QED) is 0.161. The summed E-state index contributed by atoms with van der Waals surface area (Å²) in [6.07, 6.45) is 0. The Bertz CT molecular complexity index is 4170. The van der Waals surface area contributed by atoms with E-state index in [1.165, 1.54) is 115 Å². The fraction of sp³-hybridized carbons (Fsp3) is 0. The van der Waals surface area contributed by atoms with E-state index in [-0.39, 0.29) is 13.4 Å². The van der Waals surface area contributed by atoms with Crippen molar-refractivity contribution in [2.45, 2.75) is 19.6 Å². The van der Waals surface area contributed by atoms with Crippen molar-refractivity contribution >= 4 is 155 Å². The Morgan fingerprint density at radius 3 is 1.00 bits per heavy atom. The van der Waals surface area contributed by atoms with Gasteiger partial charge in [-0.15, -0.1) is 0 Å². The summed E-state index contributed by atoms with van der Waals surface area (Å²) < 4.78 is 0. The van der Waals surface area contributed by atoms with Gasteiger partial charge < -0.3 is 24.5 Å². The summed E-state index contributed by atoms with van der Waals surface area (Å²) >= 11 is 3.78. The molecule has 17 rings (SSSR count). The first-order valence-corrected chi connectivity index (χ1v) is 27.4. The second kappa shape index (κ2) is 15.9. The molecule has 0 saturated heterocycles. The summed E-state index contributed by atoms with van der Waals surface area (Å²) in [7, 11) is 0. The molecule has 6 heterocycles. The van der Waals surface area contributed by atoms with Gasteiger partial charge >= 0.3 is 0 Å². The number of para-hydroxylation sites is 8. The van der Waals surface area contributed by atoms with E-state index in [9.17, 15) is 0 Å². The standard InChI is InChI=1S/C66H41B2N5S2/c1-5-21-42(22-6-1)69-50-31-15-13-29-46(50)67-47-30-14-16-32-51(47)73-55-40-57-63(75-61-36-20-18-34-53(61)71(57)44-25-9-3-10-26-44)38-49(55)68-48-37-62-56(70(43-23-7-2-8-24-43)52-33-17-19-35-60(52)74-62)39-54(48)72(45-27-11-4-12-28-45)59-41-58(69)64(67)66(73)65(59)68/h1-41H. The van der Waals surface area contributed by atoms with Crippen LogP contribution in [0, 0.1) is 0 Å². The molecule has 0 unspecified atom stereocenters. The van der Waals surface area contributed by atoms with E-state index in [4.69, 9.17) is 0 Å². The zero-order valence-electron chi connectivity index (χ0n) is 40.4. The van der Waals surface area contributed by atoms with Gasteiger partial charge in [0.05, 0.1) is 22.7 Å². The average molecular weight is 990 g/mol. The predicted octanol–water partition coefficient (Wildman–Crippen LogP) is 14.3.